The van der Waals surface area contributed by atoms with Crippen LogP contribution in [-0.4, -0.2) is 22.3 Å². The van der Waals surface area contributed by atoms with Gasteiger partial charge in [0.1, 0.15) is 11.9 Å². The Balaban J connectivity index is 2.24. The summed E-state index contributed by atoms with van der Waals surface area (Å²) in [4.78, 5) is 23.8. The molecule has 0 fully saturated rings. The summed E-state index contributed by atoms with van der Waals surface area (Å²) >= 11 is 2.14. The molecule has 0 aliphatic heterocycles. The highest BCUT2D eigenvalue weighted by Crippen LogP contribution is 2.44. The van der Waals surface area contributed by atoms with Crippen molar-refractivity contribution in [3.8, 4) is 5.75 Å². The number of anilines is 1. The van der Waals surface area contributed by atoms with E-state index in [0.29, 0.717) is 24.1 Å². The second-order valence-electron chi connectivity index (χ2n) is 7.89. The van der Waals surface area contributed by atoms with Gasteiger partial charge < -0.3 is 9.84 Å². The molecule has 0 aliphatic rings. The molecule has 4 N–H and O–H groups in total. The molecule has 0 bridgehead atoms. The van der Waals surface area contributed by atoms with Gasteiger partial charge in [-0.15, -0.1) is 0 Å². The predicted octanol–water partition coefficient (Wildman–Crippen LogP) is 5.46. The first-order valence-corrected chi connectivity index (χ1v) is 10.8. The zero-order valence-electron chi connectivity index (χ0n) is 17.7. The van der Waals surface area contributed by atoms with Crippen molar-refractivity contribution in [2.45, 2.75) is 39.7 Å². The third kappa shape index (κ3) is 7.55. The van der Waals surface area contributed by atoms with Gasteiger partial charge in [0.25, 0.3) is 5.91 Å². The van der Waals surface area contributed by atoms with E-state index in [1.165, 1.54) is 6.08 Å². The van der Waals surface area contributed by atoms with Crippen LogP contribution in [0.5, 0.6) is 5.75 Å². The van der Waals surface area contributed by atoms with Crippen LogP contribution in [-0.2, 0) is 9.53 Å². The van der Waals surface area contributed by atoms with Gasteiger partial charge in [0.05, 0.1) is 0 Å². The number of phenols is 1. The van der Waals surface area contributed by atoms with Crippen molar-refractivity contribution < 1.29 is 24.6 Å². The van der Waals surface area contributed by atoms with Gasteiger partial charge in [-0.3, -0.25) is 15.3 Å². The number of allylic oxidation sites excluding steroid dienone is 1. The van der Waals surface area contributed by atoms with Gasteiger partial charge in [-0.2, -0.15) is 0 Å². The van der Waals surface area contributed by atoms with Crippen LogP contribution in [0.15, 0.2) is 54.6 Å². The van der Waals surface area contributed by atoms with Crippen LogP contribution in [0.25, 0.3) is 0 Å². The molecule has 2 rings (SSSR count). The van der Waals surface area contributed by atoms with Crippen molar-refractivity contribution in [1.82, 2.24) is 5.48 Å². The largest absolute Gasteiger partial charge is 0.508 e. The fraction of sp³-hybridized carbons (Fsp3) is 0.304. The molecular formula is C23H27IN2O5. The first-order chi connectivity index (χ1) is 14.6. The van der Waals surface area contributed by atoms with E-state index in [1.807, 2.05) is 32.9 Å². The average molecular weight is 538 g/mol. The number of ether oxygens (including phenoxy) is 1. The number of carbonyl (C=O) groups is 2. The van der Waals surface area contributed by atoms with Crippen molar-refractivity contribution in [3.63, 3.8) is 0 Å². The van der Waals surface area contributed by atoms with Crippen molar-refractivity contribution in [2.24, 2.45) is 5.41 Å². The summed E-state index contributed by atoms with van der Waals surface area (Å²) in [6.07, 6.45) is 2.55. The van der Waals surface area contributed by atoms with Gasteiger partial charge >= 0.3 is 6.09 Å². The number of carbonyl (C=O) groups excluding carboxylic acids is 2. The summed E-state index contributed by atoms with van der Waals surface area (Å²) in [5.41, 5.74) is 3.15. The summed E-state index contributed by atoms with van der Waals surface area (Å²) < 4.78 is 6.71. The fourth-order valence-electron chi connectivity index (χ4n) is 3.08. The van der Waals surface area contributed by atoms with Gasteiger partial charge in [0.2, 0.25) is 0 Å². The van der Waals surface area contributed by atoms with Gasteiger partial charge in [0, 0.05) is 26.3 Å². The van der Waals surface area contributed by atoms with Gasteiger partial charge in [-0.25, -0.2) is 10.3 Å². The monoisotopic (exact) mass is 538 g/mol. The normalized spacial score (nSPS) is 12.4. The predicted molar refractivity (Wildman–Crippen MR) is 127 cm³/mol. The molecule has 1 atom stereocenters. The highest BCUT2D eigenvalue weighted by Gasteiger charge is 2.35. The molecule has 2 aromatic carbocycles. The Bertz CT molecular complexity index is 941. The molecule has 0 spiro atoms. The topological polar surface area (TPSA) is 108 Å². The lowest BCUT2D eigenvalue weighted by Gasteiger charge is -2.34. The molecule has 0 radical (unpaired) electrons. The van der Waals surface area contributed by atoms with Gasteiger partial charge in [-0.05, 0) is 72.7 Å². The SMILES string of the molecule is Cc1ccc(NC(=O)O[C@@H](c2cc(I)ccc2O)C(C)(C)CC/C=C/C(=O)NO)cc1. The van der Waals surface area contributed by atoms with Crippen LogP contribution in [0.2, 0.25) is 0 Å². The maximum Gasteiger partial charge on any atom is 0.412 e. The second-order valence-corrected chi connectivity index (χ2v) is 9.13. The molecule has 0 heterocycles. The lowest BCUT2D eigenvalue weighted by Crippen LogP contribution is -2.29. The standard InChI is InChI=1S/C23H27IN2O5/c1-15-7-10-17(11-8-15)25-22(29)31-21(18-14-16(24)9-12-19(18)27)23(2,3)13-5-4-6-20(28)26-30/h4,6-12,14,21,27,30H,5,13H2,1-3H3,(H,25,29)(H,26,28)/b6-4+/t21-/m0/s1. The molecular weight excluding hydrogens is 511 g/mol. The van der Waals surface area contributed by atoms with Gasteiger partial charge in [-0.1, -0.05) is 37.6 Å². The summed E-state index contributed by atoms with van der Waals surface area (Å²) in [5.74, 6) is -0.574. The van der Waals surface area contributed by atoms with Crippen LogP contribution < -0.4 is 10.8 Å². The van der Waals surface area contributed by atoms with Crippen molar-refractivity contribution in [1.29, 1.82) is 0 Å². The summed E-state index contributed by atoms with van der Waals surface area (Å²) in [6.45, 7) is 5.81. The fourth-order valence-corrected chi connectivity index (χ4v) is 3.60. The summed E-state index contributed by atoms with van der Waals surface area (Å²) in [6, 6.07) is 12.5. The molecule has 0 unspecified atom stereocenters. The lowest BCUT2D eigenvalue weighted by atomic mass is 9.78. The van der Waals surface area contributed by atoms with E-state index in [-0.39, 0.29) is 5.75 Å². The number of nitrogens with one attached hydrogen (secondary N) is 2. The van der Waals surface area contributed by atoms with E-state index >= 15 is 0 Å². The molecule has 166 valence electrons. The Kier molecular flexibility index (Phi) is 8.88. The number of phenolic OH excluding ortho intramolecular Hbond substituents is 1. The number of benzene rings is 2. The van der Waals surface area contributed by atoms with E-state index in [4.69, 9.17) is 9.94 Å². The third-order valence-corrected chi connectivity index (χ3v) is 5.51. The number of hydrogen-bond acceptors (Lipinski definition) is 5. The number of hydroxylamine groups is 1. The molecule has 8 heteroatoms. The number of rotatable bonds is 8. The first-order valence-electron chi connectivity index (χ1n) is 9.75. The van der Waals surface area contributed by atoms with Crippen LogP contribution in [0.1, 0.15) is 43.9 Å². The smallest absolute Gasteiger partial charge is 0.412 e. The number of aromatic hydroxyl groups is 1. The van der Waals surface area contributed by atoms with E-state index < -0.39 is 23.5 Å². The highest BCUT2D eigenvalue weighted by atomic mass is 127. The van der Waals surface area contributed by atoms with Crippen molar-refractivity contribution >= 4 is 40.3 Å². The quantitative estimate of drug-likeness (QED) is 0.155. The Hall–Kier alpha value is -2.59. The summed E-state index contributed by atoms with van der Waals surface area (Å²) in [7, 11) is 0. The maximum absolute atomic E-state index is 12.7. The second kappa shape index (κ2) is 11.1. The molecule has 7 nitrogen and oxygen atoms in total. The zero-order chi connectivity index (χ0) is 23.0. The number of amides is 2. The van der Waals surface area contributed by atoms with Crippen molar-refractivity contribution in [3.05, 3.63) is 69.3 Å². The Morgan fingerprint density at radius 3 is 2.52 bits per heavy atom. The van der Waals surface area contributed by atoms with Crippen LogP contribution in [0.3, 0.4) is 0 Å². The minimum atomic E-state index is -0.743. The number of aryl methyl sites for hydroxylation is 1. The molecule has 0 aromatic heterocycles. The van der Waals surface area contributed by atoms with E-state index in [2.05, 4.69) is 27.9 Å². The molecule has 2 aromatic rings. The first kappa shape index (κ1) is 24.7. The minimum Gasteiger partial charge on any atom is -0.508 e. The highest BCUT2D eigenvalue weighted by molar-refractivity contribution is 14.1. The molecule has 0 saturated carbocycles. The maximum atomic E-state index is 12.7. The van der Waals surface area contributed by atoms with Crippen molar-refractivity contribution in [2.75, 3.05) is 5.32 Å². The van der Waals surface area contributed by atoms with E-state index in [1.54, 1.807) is 41.9 Å². The van der Waals surface area contributed by atoms with Crippen LogP contribution >= 0.6 is 22.6 Å². The number of halogens is 1. The Labute approximate surface area is 195 Å². The average Bonchev–Trinajstić information content (AvgIpc) is 2.72. The van der Waals surface area contributed by atoms with Crippen LogP contribution in [0.4, 0.5) is 10.5 Å². The minimum absolute atomic E-state index is 0.0387. The third-order valence-electron chi connectivity index (χ3n) is 4.84. The van der Waals surface area contributed by atoms with E-state index in [9.17, 15) is 14.7 Å². The molecule has 0 aliphatic carbocycles. The molecule has 2 amide bonds. The van der Waals surface area contributed by atoms with E-state index in [0.717, 1.165) is 9.13 Å². The zero-order valence-corrected chi connectivity index (χ0v) is 19.8. The Morgan fingerprint density at radius 2 is 1.87 bits per heavy atom. The lowest BCUT2D eigenvalue weighted by molar-refractivity contribution is -0.124. The molecule has 31 heavy (non-hydrogen) atoms. The number of hydrogen-bond donors (Lipinski definition) is 4. The Morgan fingerprint density at radius 1 is 1.19 bits per heavy atom. The van der Waals surface area contributed by atoms with Gasteiger partial charge in [0.15, 0.2) is 0 Å². The summed E-state index contributed by atoms with van der Waals surface area (Å²) in [5, 5.41) is 21.8. The molecule has 0 saturated heterocycles. The van der Waals surface area contributed by atoms with Crippen LogP contribution in [0, 0.1) is 15.9 Å².